The lowest BCUT2D eigenvalue weighted by Gasteiger charge is -2.37. The van der Waals surface area contributed by atoms with E-state index < -0.39 is 7.32 Å². The summed E-state index contributed by atoms with van der Waals surface area (Å²) in [6.45, 7) is 5.14. The fourth-order valence-electron chi connectivity index (χ4n) is 5.12. The van der Waals surface area contributed by atoms with E-state index in [2.05, 4.69) is 36.4 Å². The first-order valence-corrected chi connectivity index (χ1v) is 15.7. The summed E-state index contributed by atoms with van der Waals surface area (Å²) in [5, 5.41) is 38.4. The zero-order valence-corrected chi connectivity index (χ0v) is 27.2. The standard InChI is InChI=1S/C22H21BO3.2C8H9N2O/c24-23(25)26-18-10-17-22(19-11-4-1-5-12-19,20-13-6-2-7-14-20)21-15-8-3-9-16-21;2*1-2-11-10-5-3-4-8(6-9)7-10/h1-9,11-16H,10,17-18H2;2*3-5,7H,2H2,1H3/q-2;2*+1. The van der Waals surface area contributed by atoms with E-state index in [1.165, 1.54) is 26.2 Å². The van der Waals surface area contributed by atoms with E-state index in [0.29, 0.717) is 30.8 Å². The number of rotatable bonds is 12. The van der Waals surface area contributed by atoms with E-state index in [4.69, 9.17) is 24.9 Å². The lowest BCUT2D eigenvalue weighted by molar-refractivity contribution is -0.891. The minimum absolute atomic E-state index is 0.159. The van der Waals surface area contributed by atoms with E-state index in [0.717, 1.165) is 6.42 Å². The van der Waals surface area contributed by atoms with Gasteiger partial charge < -0.3 is 14.7 Å². The van der Waals surface area contributed by atoms with Gasteiger partial charge in [0, 0.05) is 33.6 Å². The second-order valence-corrected chi connectivity index (χ2v) is 10.2. The molecule has 0 atom stereocenters. The van der Waals surface area contributed by atoms with Crippen LogP contribution in [0.3, 0.4) is 0 Å². The third-order valence-corrected chi connectivity index (χ3v) is 7.11. The van der Waals surface area contributed by atoms with Crippen molar-refractivity contribution in [3.05, 3.63) is 168 Å². The highest BCUT2D eigenvalue weighted by Crippen LogP contribution is 2.42. The van der Waals surface area contributed by atoms with Crippen LogP contribution in [0.4, 0.5) is 0 Å². The van der Waals surface area contributed by atoms with Crippen LogP contribution in [0.15, 0.2) is 140 Å². The van der Waals surface area contributed by atoms with Crippen LogP contribution in [0.2, 0.25) is 0 Å². The molecule has 5 rings (SSSR count). The average Bonchev–Trinajstić information content (AvgIpc) is 3.14. The Labute approximate surface area is 283 Å². The molecule has 0 N–H and O–H groups in total. The first kappa shape index (κ1) is 36.9. The molecule has 0 amide bonds. The first-order chi connectivity index (χ1) is 23.5. The van der Waals surface area contributed by atoms with Crippen LogP contribution in [0.5, 0.6) is 0 Å². The molecule has 0 saturated heterocycles. The number of hydrogen-bond acceptors (Lipinski definition) is 7. The van der Waals surface area contributed by atoms with E-state index in [-0.39, 0.29) is 12.0 Å². The van der Waals surface area contributed by atoms with Gasteiger partial charge >= 0.3 is 0 Å². The molecule has 3 aromatic carbocycles. The zero-order chi connectivity index (χ0) is 34.5. The molecule has 5 aromatic rings. The van der Waals surface area contributed by atoms with Crippen molar-refractivity contribution in [1.29, 1.82) is 10.5 Å². The van der Waals surface area contributed by atoms with Crippen molar-refractivity contribution in [2.24, 2.45) is 0 Å². The van der Waals surface area contributed by atoms with Crippen molar-refractivity contribution >= 4 is 7.32 Å². The zero-order valence-electron chi connectivity index (χ0n) is 27.2. The average molecular weight is 643 g/mol. The number of aromatic nitrogens is 2. The molecule has 0 aliphatic carbocycles. The second-order valence-electron chi connectivity index (χ2n) is 10.2. The Bertz CT molecular complexity index is 1560. The molecule has 0 aliphatic rings. The van der Waals surface area contributed by atoms with E-state index in [1.54, 1.807) is 49.1 Å². The molecular formula is C38H39BN4O5. The highest BCUT2D eigenvalue weighted by atomic mass is 16.7. The van der Waals surface area contributed by atoms with Gasteiger partial charge in [-0.2, -0.15) is 10.5 Å². The quantitative estimate of drug-likeness (QED) is 0.0886. The van der Waals surface area contributed by atoms with Gasteiger partial charge in [0.25, 0.3) is 0 Å². The van der Waals surface area contributed by atoms with E-state index >= 15 is 0 Å². The van der Waals surface area contributed by atoms with Crippen molar-refractivity contribution in [1.82, 2.24) is 0 Å². The van der Waals surface area contributed by atoms with Crippen LogP contribution >= 0.6 is 0 Å². The van der Waals surface area contributed by atoms with Gasteiger partial charge in [-0.3, -0.25) is 9.68 Å². The van der Waals surface area contributed by atoms with Gasteiger partial charge in [-0.25, -0.2) is 0 Å². The Morgan fingerprint density at radius 1 is 0.625 bits per heavy atom. The maximum absolute atomic E-state index is 10.7. The lowest BCUT2D eigenvalue weighted by atomic mass is 9.67. The fraction of sp³-hybridized carbons (Fsp3) is 0.211. The first-order valence-electron chi connectivity index (χ1n) is 15.7. The normalized spacial score (nSPS) is 10.1. The van der Waals surface area contributed by atoms with Crippen LogP contribution in [0, 0.1) is 22.7 Å². The summed E-state index contributed by atoms with van der Waals surface area (Å²) in [6.07, 6.45) is 8.14. The molecule has 0 radical (unpaired) electrons. The van der Waals surface area contributed by atoms with Crippen LogP contribution in [0.1, 0.15) is 54.5 Å². The maximum Gasteiger partial charge on any atom is 0.240 e. The summed E-state index contributed by atoms with van der Waals surface area (Å²) >= 11 is 0. The van der Waals surface area contributed by atoms with E-state index in [9.17, 15) is 10.0 Å². The van der Waals surface area contributed by atoms with Crippen LogP contribution in [-0.4, -0.2) is 27.1 Å². The summed E-state index contributed by atoms with van der Waals surface area (Å²) < 4.78 is 7.79. The molecular weight excluding hydrogens is 603 g/mol. The Kier molecular flexibility index (Phi) is 15.8. The van der Waals surface area contributed by atoms with Crippen molar-refractivity contribution in [2.45, 2.75) is 32.1 Å². The summed E-state index contributed by atoms with van der Waals surface area (Å²) in [5.41, 5.74) is 4.37. The van der Waals surface area contributed by atoms with Gasteiger partial charge in [-0.1, -0.05) is 91.0 Å². The van der Waals surface area contributed by atoms with Crippen LogP contribution in [-0.2, 0) is 10.1 Å². The fourth-order valence-corrected chi connectivity index (χ4v) is 5.12. The topological polar surface area (TPSA) is 129 Å². The van der Waals surface area contributed by atoms with Crippen molar-refractivity contribution in [3.63, 3.8) is 0 Å². The predicted octanol–water partition coefficient (Wildman–Crippen LogP) is 3.11. The largest absolute Gasteiger partial charge is 0.871 e. The smallest absolute Gasteiger partial charge is 0.240 e. The van der Waals surface area contributed by atoms with Crippen molar-refractivity contribution < 1.29 is 33.8 Å². The SMILES string of the molecule is CCO[n+]1cccc(C#N)c1.CCO[n+]1cccc(C#N)c1.[O-]B([O-])OCCCC(c1ccccc1)(c1ccccc1)c1ccccc1. The molecule has 244 valence electrons. The minimum Gasteiger partial charge on any atom is -0.871 e. The van der Waals surface area contributed by atoms with Gasteiger partial charge in [-0.15, -0.1) is 0 Å². The molecule has 0 bridgehead atoms. The Morgan fingerprint density at radius 3 is 1.35 bits per heavy atom. The molecule has 48 heavy (non-hydrogen) atoms. The highest BCUT2D eigenvalue weighted by molar-refractivity contribution is 6.28. The molecule has 0 spiro atoms. The molecule has 2 aromatic heterocycles. The minimum atomic E-state index is -2.23. The molecule has 10 heteroatoms. The van der Waals surface area contributed by atoms with Crippen molar-refractivity contribution in [3.8, 4) is 12.1 Å². The van der Waals surface area contributed by atoms with Gasteiger partial charge in [0.05, 0.1) is 7.32 Å². The summed E-state index contributed by atoms with van der Waals surface area (Å²) in [6, 6.07) is 42.1. The molecule has 0 fully saturated rings. The molecule has 0 unspecified atom stereocenters. The van der Waals surface area contributed by atoms with Gasteiger partial charge in [0.1, 0.15) is 23.3 Å². The number of hydrogen-bond donors (Lipinski definition) is 0. The van der Waals surface area contributed by atoms with Crippen LogP contribution < -0.4 is 29.2 Å². The lowest BCUT2D eigenvalue weighted by Crippen LogP contribution is -2.48. The number of benzene rings is 3. The molecule has 9 nitrogen and oxygen atoms in total. The Hall–Kier alpha value is -5.52. The monoisotopic (exact) mass is 642 g/mol. The van der Waals surface area contributed by atoms with Gasteiger partial charge in [0.15, 0.2) is 13.2 Å². The van der Waals surface area contributed by atoms with E-state index in [1.807, 2.05) is 80.6 Å². The highest BCUT2D eigenvalue weighted by Gasteiger charge is 2.35. The third kappa shape index (κ3) is 11.4. The maximum atomic E-state index is 10.7. The summed E-state index contributed by atoms with van der Waals surface area (Å²) in [4.78, 5) is 10.2. The van der Waals surface area contributed by atoms with Crippen molar-refractivity contribution in [2.75, 3.05) is 19.8 Å². The summed E-state index contributed by atoms with van der Waals surface area (Å²) in [7, 11) is -2.23. The van der Waals surface area contributed by atoms with Crippen LogP contribution in [0.25, 0.3) is 0 Å². The number of pyridine rings is 2. The Balaban J connectivity index is 0.000000233. The molecule has 0 saturated carbocycles. The molecule has 2 heterocycles. The van der Waals surface area contributed by atoms with Gasteiger partial charge in [-0.05, 0) is 55.5 Å². The second kappa shape index (κ2) is 20.6. The molecule has 0 aliphatic heterocycles. The number of nitrogens with zero attached hydrogens (tertiary/aromatic N) is 4. The Morgan fingerprint density at radius 2 is 1.02 bits per heavy atom. The third-order valence-electron chi connectivity index (χ3n) is 7.11. The van der Waals surface area contributed by atoms with Gasteiger partial charge in [0.2, 0.25) is 24.8 Å². The summed E-state index contributed by atoms with van der Waals surface area (Å²) in [5.74, 6) is 0. The predicted molar refractivity (Wildman–Crippen MR) is 177 cm³/mol. The number of nitriles is 2.